The molecule has 0 saturated heterocycles. The number of H-pyrrole nitrogens is 1. The summed E-state index contributed by atoms with van der Waals surface area (Å²) in [6, 6.07) is 9.71. The van der Waals surface area contributed by atoms with Crippen molar-refractivity contribution in [3.63, 3.8) is 0 Å². The van der Waals surface area contributed by atoms with Crippen LogP contribution in [0.5, 0.6) is 5.75 Å². The van der Waals surface area contributed by atoms with Gasteiger partial charge in [0.05, 0.1) is 18.5 Å². The van der Waals surface area contributed by atoms with Crippen molar-refractivity contribution in [2.45, 2.75) is 13.0 Å². The van der Waals surface area contributed by atoms with Crippen LogP contribution in [0.1, 0.15) is 18.7 Å². The molecule has 1 heterocycles. The Bertz CT molecular complexity index is 459. The monoisotopic (exact) mass is 217 g/mol. The van der Waals surface area contributed by atoms with E-state index >= 15 is 0 Å². The van der Waals surface area contributed by atoms with E-state index in [-0.39, 0.29) is 6.04 Å². The van der Waals surface area contributed by atoms with Gasteiger partial charge in [0.1, 0.15) is 5.75 Å². The second-order valence-electron chi connectivity index (χ2n) is 3.73. The topological polar surface area (TPSA) is 63.9 Å². The van der Waals surface area contributed by atoms with Crippen molar-refractivity contribution in [3.05, 3.63) is 36.0 Å². The zero-order valence-corrected chi connectivity index (χ0v) is 9.40. The zero-order chi connectivity index (χ0) is 11.5. The molecule has 0 fully saturated rings. The molecular formula is C12H15N3O. The van der Waals surface area contributed by atoms with E-state index in [0.717, 1.165) is 22.7 Å². The van der Waals surface area contributed by atoms with Gasteiger partial charge in [-0.2, -0.15) is 5.10 Å². The van der Waals surface area contributed by atoms with Gasteiger partial charge >= 0.3 is 0 Å². The molecule has 0 aliphatic rings. The van der Waals surface area contributed by atoms with E-state index in [4.69, 9.17) is 10.5 Å². The molecule has 2 rings (SSSR count). The lowest BCUT2D eigenvalue weighted by molar-refractivity contribution is 0.415. The predicted molar refractivity (Wildman–Crippen MR) is 63.2 cm³/mol. The molecule has 0 aliphatic carbocycles. The summed E-state index contributed by atoms with van der Waals surface area (Å²) in [5.41, 5.74) is 8.64. The first kappa shape index (κ1) is 10.7. The highest BCUT2D eigenvalue weighted by Crippen LogP contribution is 2.22. The fraction of sp³-hybridized carbons (Fsp3) is 0.250. The number of rotatable bonds is 3. The summed E-state index contributed by atoms with van der Waals surface area (Å²) in [4.78, 5) is 0. The number of nitrogens with two attached hydrogens (primary N) is 1. The van der Waals surface area contributed by atoms with Crippen LogP contribution in [0.15, 0.2) is 30.3 Å². The minimum absolute atomic E-state index is 0.0282. The van der Waals surface area contributed by atoms with Gasteiger partial charge in [-0.3, -0.25) is 5.10 Å². The number of benzene rings is 1. The van der Waals surface area contributed by atoms with Crippen molar-refractivity contribution in [3.8, 4) is 17.0 Å². The maximum absolute atomic E-state index is 5.76. The fourth-order valence-electron chi connectivity index (χ4n) is 1.48. The number of ether oxygens (including phenoxy) is 1. The SMILES string of the molecule is COc1ccc(-c2cc(C(C)N)[nH]n2)cc1. The lowest BCUT2D eigenvalue weighted by atomic mass is 10.1. The minimum atomic E-state index is -0.0282. The van der Waals surface area contributed by atoms with E-state index in [1.807, 2.05) is 37.3 Å². The van der Waals surface area contributed by atoms with Crippen LogP contribution < -0.4 is 10.5 Å². The second-order valence-corrected chi connectivity index (χ2v) is 3.73. The molecule has 4 nitrogen and oxygen atoms in total. The van der Waals surface area contributed by atoms with Crippen molar-refractivity contribution in [2.24, 2.45) is 5.73 Å². The quantitative estimate of drug-likeness (QED) is 0.827. The maximum atomic E-state index is 5.76. The van der Waals surface area contributed by atoms with E-state index in [1.165, 1.54) is 0 Å². The number of hydrogen-bond acceptors (Lipinski definition) is 3. The first-order chi connectivity index (χ1) is 7.70. The molecule has 1 unspecified atom stereocenters. The number of aromatic nitrogens is 2. The largest absolute Gasteiger partial charge is 0.497 e. The highest BCUT2D eigenvalue weighted by atomic mass is 16.5. The number of hydrogen-bond donors (Lipinski definition) is 2. The molecule has 0 amide bonds. The average Bonchev–Trinajstić information content (AvgIpc) is 2.78. The third-order valence-electron chi connectivity index (χ3n) is 2.47. The average molecular weight is 217 g/mol. The Hall–Kier alpha value is -1.81. The van der Waals surface area contributed by atoms with Gasteiger partial charge in [-0.05, 0) is 37.3 Å². The van der Waals surface area contributed by atoms with Crippen molar-refractivity contribution >= 4 is 0 Å². The van der Waals surface area contributed by atoms with Gasteiger partial charge in [-0.25, -0.2) is 0 Å². The first-order valence-electron chi connectivity index (χ1n) is 5.16. The summed E-state index contributed by atoms with van der Waals surface area (Å²) in [5.74, 6) is 0.840. The van der Waals surface area contributed by atoms with Crippen LogP contribution in [0.25, 0.3) is 11.3 Å². The van der Waals surface area contributed by atoms with Crippen LogP contribution in [0.4, 0.5) is 0 Å². The van der Waals surface area contributed by atoms with Gasteiger partial charge in [0.15, 0.2) is 0 Å². The van der Waals surface area contributed by atoms with E-state index in [2.05, 4.69) is 10.2 Å². The van der Waals surface area contributed by atoms with Gasteiger partial charge in [-0.15, -0.1) is 0 Å². The molecule has 0 radical (unpaired) electrons. The van der Waals surface area contributed by atoms with Crippen LogP contribution in [0, 0.1) is 0 Å². The van der Waals surface area contributed by atoms with Gasteiger partial charge in [0, 0.05) is 11.6 Å². The van der Waals surface area contributed by atoms with Crippen LogP contribution in [-0.4, -0.2) is 17.3 Å². The molecule has 1 aromatic carbocycles. The van der Waals surface area contributed by atoms with E-state index in [9.17, 15) is 0 Å². The van der Waals surface area contributed by atoms with Gasteiger partial charge < -0.3 is 10.5 Å². The summed E-state index contributed by atoms with van der Waals surface area (Å²) in [6.45, 7) is 1.92. The zero-order valence-electron chi connectivity index (χ0n) is 9.40. The van der Waals surface area contributed by atoms with Crippen LogP contribution in [-0.2, 0) is 0 Å². The summed E-state index contributed by atoms with van der Waals surface area (Å²) in [5, 5.41) is 7.14. The van der Waals surface area contributed by atoms with Crippen molar-refractivity contribution < 1.29 is 4.74 Å². The van der Waals surface area contributed by atoms with E-state index in [0.29, 0.717) is 0 Å². The molecule has 0 aliphatic heterocycles. The Kier molecular flexibility index (Phi) is 2.92. The van der Waals surface area contributed by atoms with E-state index < -0.39 is 0 Å². The predicted octanol–water partition coefficient (Wildman–Crippen LogP) is 2.10. The molecule has 3 N–H and O–H groups in total. The smallest absolute Gasteiger partial charge is 0.118 e. The Morgan fingerprint density at radius 2 is 2.00 bits per heavy atom. The first-order valence-corrected chi connectivity index (χ1v) is 5.16. The molecule has 84 valence electrons. The molecular weight excluding hydrogens is 202 g/mol. The Morgan fingerprint density at radius 3 is 2.50 bits per heavy atom. The molecule has 0 spiro atoms. The molecule has 0 bridgehead atoms. The van der Waals surface area contributed by atoms with Crippen molar-refractivity contribution in [1.82, 2.24) is 10.2 Å². The lowest BCUT2D eigenvalue weighted by Crippen LogP contribution is -2.04. The van der Waals surface area contributed by atoms with E-state index in [1.54, 1.807) is 7.11 Å². The Morgan fingerprint density at radius 1 is 1.31 bits per heavy atom. The summed E-state index contributed by atoms with van der Waals surface area (Å²) >= 11 is 0. The number of nitrogens with zero attached hydrogens (tertiary/aromatic N) is 1. The van der Waals surface area contributed by atoms with Crippen LogP contribution in [0.3, 0.4) is 0 Å². The second kappa shape index (κ2) is 4.37. The minimum Gasteiger partial charge on any atom is -0.497 e. The standard InChI is InChI=1S/C12H15N3O/c1-8(13)11-7-12(15-14-11)9-3-5-10(16-2)6-4-9/h3-8H,13H2,1-2H3,(H,14,15). The molecule has 0 saturated carbocycles. The molecule has 4 heteroatoms. The van der Waals surface area contributed by atoms with Crippen LogP contribution in [0.2, 0.25) is 0 Å². The van der Waals surface area contributed by atoms with Gasteiger partial charge in [0.2, 0.25) is 0 Å². The number of nitrogens with one attached hydrogen (secondary N) is 1. The maximum Gasteiger partial charge on any atom is 0.118 e. The Balaban J connectivity index is 2.28. The fourth-order valence-corrected chi connectivity index (χ4v) is 1.48. The molecule has 1 aromatic heterocycles. The molecule has 1 atom stereocenters. The summed E-state index contributed by atoms with van der Waals surface area (Å²) in [7, 11) is 1.65. The summed E-state index contributed by atoms with van der Waals surface area (Å²) < 4.78 is 5.10. The van der Waals surface area contributed by atoms with Crippen molar-refractivity contribution in [2.75, 3.05) is 7.11 Å². The Labute approximate surface area is 94.4 Å². The highest BCUT2D eigenvalue weighted by Gasteiger charge is 2.06. The highest BCUT2D eigenvalue weighted by molar-refractivity contribution is 5.60. The number of aromatic amines is 1. The van der Waals surface area contributed by atoms with Crippen LogP contribution >= 0.6 is 0 Å². The normalized spacial score (nSPS) is 12.4. The van der Waals surface area contributed by atoms with Crippen molar-refractivity contribution in [1.29, 1.82) is 0 Å². The third-order valence-corrected chi connectivity index (χ3v) is 2.47. The van der Waals surface area contributed by atoms with Gasteiger partial charge in [0.25, 0.3) is 0 Å². The van der Waals surface area contributed by atoms with Gasteiger partial charge in [-0.1, -0.05) is 0 Å². The summed E-state index contributed by atoms with van der Waals surface area (Å²) in [6.07, 6.45) is 0. The third kappa shape index (κ3) is 2.06. The lowest BCUT2D eigenvalue weighted by Gasteiger charge is -2.00. The molecule has 16 heavy (non-hydrogen) atoms. The number of methoxy groups -OCH3 is 1. The molecule has 2 aromatic rings.